The first-order valence-corrected chi connectivity index (χ1v) is 16.2. The molecule has 7 rings (SSSR count). The van der Waals surface area contributed by atoms with Crippen LogP contribution in [-0.4, -0.2) is 53.3 Å². The molecule has 10 nitrogen and oxygen atoms in total. The van der Waals surface area contributed by atoms with E-state index in [1.165, 1.54) is 6.07 Å². The van der Waals surface area contributed by atoms with E-state index in [1.54, 1.807) is 36.5 Å². The van der Waals surface area contributed by atoms with Gasteiger partial charge in [0.2, 0.25) is 0 Å². The quantitative estimate of drug-likeness (QED) is 0.261. The third-order valence-corrected chi connectivity index (χ3v) is 11.0. The highest BCUT2D eigenvalue weighted by Gasteiger charge is 2.58. The van der Waals surface area contributed by atoms with E-state index in [4.69, 9.17) is 19.7 Å². The number of aromatic nitrogens is 4. The zero-order valence-corrected chi connectivity index (χ0v) is 26.9. The Morgan fingerprint density at radius 2 is 1.87 bits per heavy atom. The maximum Gasteiger partial charge on any atom is 0.387 e. The lowest BCUT2D eigenvalue weighted by Gasteiger charge is -2.50. The van der Waals surface area contributed by atoms with Gasteiger partial charge in [-0.1, -0.05) is 12.1 Å². The van der Waals surface area contributed by atoms with Crippen molar-refractivity contribution in [1.29, 1.82) is 5.26 Å². The first-order chi connectivity index (χ1) is 21.7. The van der Waals surface area contributed by atoms with Gasteiger partial charge in [0.25, 0.3) is 5.91 Å². The fraction of sp³-hybridized carbons (Fsp3) is 0.424. The van der Waals surface area contributed by atoms with Crippen molar-refractivity contribution in [2.75, 3.05) is 7.05 Å². The minimum atomic E-state index is -3.04. The van der Waals surface area contributed by atoms with E-state index in [0.717, 1.165) is 16.6 Å². The summed E-state index contributed by atoms with van der Waals surface area (Å²) < 4.78 is 49.7. The van der Waals surface area contributed by atoms with Gasteiger partial charge in [-0.3, -0.25) is 4.79 Å². The SMILES string of the molecule is CN1C(=O)c2cccc(OC(F)F)c2[C@H]2C[C@@H]1c1nc3ccc(-c4cnc(C5(N[S+]([O-])C(C)(C)C)CC(C)(C#N)C5)nc4)cc3n12. The number of nitriles is 1. The highest BCUT2D eigenvalue weighted by molar-refractivity contribution is 7.90. The fourth-order valence-electron chi connectivity index (χ4n) is 7.15. The van der Waals surface area contributed by atoms with Crippen LogP contribution in [0, 0.1) is 16.7 Å². The number of halogens is 2. The molecule has 3 aliphatic rings. The van der Waals surface area contributed by atoms with Crippen molar-refractivity contribution in [3.63, 3.8) is 0 Å². The third kappa shape index (κ3) is 4.73. The number of rotatable bonds is 6. The molecular weight excluding hydrogens is 612 g/mol. The predicted octanol–water partition coefficient (Wildman–Crippen LogP) is 5.79. The van der Waals surface area contributed by atoms with Gasteiger partial charge in [-0.25, -0.2) is 15.0 Å². The number of benzene rings is 2. The lowest BCUT2D eigenvalue weighted by Crippen LogP contribution is -2.61. The molecule has 1 fully saturated rings. The van der Waals surface area contributed by atoms with E-state index >= 15 is 0 Å². The van der Waals surface area contributed by atoms with E-state index in [-0.39, 0.29) is 17.7 Å². The Morgan fingerprint density at radius 1 is 1.15 bits per heavy atom. The van der Waals surface area contributed by atoms with Crippen LogP contribution in [-0.2, 0) is 16.9 Å². The Hall–Kier alpha value is -4.12. The van der Waals surface area contributed by atoms with Gasteiger partial charge >= 0.3 is 6.61 Å². The number of fused-ring (bicyclic) bond motifs is 9. The lowest BCUT2D eigenvalue weighted by molar-refractivity contribution is -0.0507. The van der Waals surface area contributed by atoms with Crippen LogP contribution in [0.15, 0.2) is 48.8 Å². The maximum atomic E-state index is 13.5. The average Bonchev–Trinajstić information content (AvgIpc) is 3.52. The van der Waals surface area contributed by atoms with Crippen LogP contribution in [0.4, 0.5) is 8.78 Å². The van der Waals surface area contributed by atoms with Gasteiger partial charge in [0.1, 0.15) is 21.9 Å². The second-order valence-corrected chi connectivity index (χ2v) is 15.7. The third-order valence-electron chi connectivity index (χ3n) is 9.32. The summed E-state index contributed by atoms with van der Waals surface area (Å²) in [5.41, 5.74) is 2.45. The van der Waals surface area contributed by atoms with E-state index in [2.05, 4.69) is 10.8 Å². The first kappa shape index (κ1) is 30.5. The average molecular weight is 646 g/mol. The Kier molecular flexibility index (Phi) is 6.94. The van der Waals surface area contributed by atoms with Crippen LogP contribution in [0.3, 0.4) is 0 Å². The Morgan fingerprint density at radius 3 is 2.52 bits per heavy atom. The van der Waals surface area contributed by atoms with Crippen molar-refractivity contribution < 1.29 is 22.9 Å². The highest BCUT2D eigenvalue weighted by atomic mass is 32.2. The van der Waals surface area contributed by atoms with Crippen molar-refractivity contribution in [2.45, 2.75) is 75.9 Å². The number of nitrogens with one attached hydrogen (secondary N) is 1. The Bertz CT molecular complexity index is 1910. The Labute approximate surface area is 268 Å². The molecule has 0 radical (unpaired) electrons. The monoisotopic (exact) mass is 645 g/mol. The minimum absolute atomic E-state index is 0.0202. The number of carbonyl (C=O) groups is 1. The molecule has 1 amide bonds. The molecule has 4 aromatic rings. The molecule has 1 unspecified atom stereocenters. The van der Waals surface area contributed by atoms with Crippen LogP contribution < -0.4 is 9.46 Å². The molecule has 2 aromatic carbocycles. The van der Waals surface area contributed by atoms with Crippen molar-refractivity contribution in [3.05, 3.63) is 71.6 Å². The van der Waals surface area contributed by atoms with Gasteiger partial charge in [-0.15, -0.1) is 4.72 Å². The van der Waals surface area contributed by atoms with Crippen LogP contribution in [0.2, 0.25) is 0 Å². The zero-order chi connectivity index (χ0) is 32.8. The number of carbonyl (C=O) groups excluding carboxylic acids is 1. The molecule has 1 saturated carbocycles. The number of hydrogen-bond donors (Lipinski definition) is 1. The summed E-state index contributed by atoms with van der Waals surface area (Å²) >= 11 is -1.40. The summed E-state index contributed by atoms with van der Waals surface area (Å²) in [4.78, 5) is 29.3. The number of nitrogens with zero attached hydrogens (tertiary/aromatic N) is 6. The van der Waals surface area contributed by atoms with Gasteiger partial charge in [0.05, 0.1) is 34.6 Å². The number of alkyl halides is 2. The molecule has 2 bridgehead atoms. The predicted molar refractivity (Wildman–Crippen MR) is 167 cm³/mol. The van der Waals surface area contributed by atoms with Crippen molar-refractivity contribution in [2.24, 2.45) is 5.41 Å². The molecule has 1 N–H and O–H groups in total. The van der Waals surface area contributed by atoms with Crippen LogP contribution in [0.5, 0.6) is 5.75 Å². The summed E-state index contributed by atoms with van der Waals surface area (Å²) in [7, 11) is 1.71. The van der Waals surface area contributed by atoms with Crippen LogP contribution in [0.1, 0.15) is 86.6 Å². The molecule has 46 heavy (non-hydrogen) atoms. The van der Waals surface area contributed by atoms with E-state index in [9.17, 15) is 23.4 Å². The van der Waals surface area contributed by atoms with Crippen molar-refractivity contribution >= 4 is 28.3 Å². The van der Waals surface area contributed by atoms with Crippen LogP contribution >= 0.6 is 0 Å². The maximum absolute atomic E-state index is 13.5. The molecule has 0 saturated heterocycles. The van der Waals surface area contributed by atoms with Crippen molar-refractivity contribution in [3.8, 4) is 22.9 Å². The largest absolute Gasteiger partial charge is 0.598 e. The standard InChI is InChI=1S/C33H33F2N7O3S/c1-31(2,3)46(44)40-33(15-32(4,16-33)17-36)29-37-13-19(14-38-29)18-9-10-21-22(11-18)42-23-12-24(27(42)39-21)41(5)28(43)20-7-6-8-25(26(20)23)45-30(34)35/h6-11,13-14,23-24,30,40H,12,15-16H2,1-5H3/t23-,24-,32?,33?,46?/m1/s1. The molecule has 238 valence electrons. The van der Waals surface area contributed by atoms with Crippen LogP contribution in [0.25, 0.3) is 22.2 Å². The molecule has 2 aromatic heterocycles. The van der Waals surface area contributed by atoms with Gasteiger partial charge in [-0.2, -0.15) is 14.0 Å². The van der Waals surface area contributed by atoms with Gasteiger partial charge in [0, 0.05) is 53.9 Å². The fourth-order valence-corrected chi connectivity index (χ4v) is 8.05. The highest BCUT2D eigenvalue weighted by Crippen LogP contribution is 2.54. The molecule has 4 heterocycles. The van der Waals surface area contributed by atoms with E-state index < -0.39 is 39.7 Å². The second-order valence-electron chi connectivity index (χ2n) is 13.7. The lowest BCUT2D eigenvalue weighted by atomic mass is 9.59. The molecular formula is C33H33F2N7O3S. The summed E-state index contributed by atoms with van der Waals surface area (Å²) in [5, 5.41) is 9.69. The number of amides is 1. The first-order valence-electron chi connectivity index (χ1n) is 15.0. The smallest absolute Gasteiger partial charge is 0.387 e. The number of imidazole rings is 1. The molecule has 3 atom stereocenters. The minimum Gasteiger partial charge on any atom is -0.598 e. The summed E-state index contributed by atoms with van der Waals surface area (Å²) in [6.45, 7) is 4.50. The van der Waals surface area contributed by atoms with Gasteiger partial charge in [0.15, 0.2) is 5.82 Å². The van der Waals surface area contributed by atoms with Gasteiger partial charge < -0.3 is 18.8 Å². The topological polar surface area (TPSA) is 132 Å². The summed E-state index contributed by atoms with van der Waals surface area (Å²) in [6, 6.07) is 12.0. The van der Waals surface area contributed by atoms with Crippen molar-refractivity contribution in [1.82, 2.24) is 29.1 Å². The zero-order valence-electron chi connectivity index (χ0n) is 26.0. The second kappa shape index (κ2) is 10.4. The molecule has 0 spiro atoms. The van der Waals surface area contributed by atoms with Gasteiger partial charge in [-0.05, 0) is 70.4 Å². The Balaban J connectivity index is 1.28. The normalized spacial score (nSPS) is 25.9. The summed E-state index contributed by atoms with van der Waals surface area (Å²) in [5.74, 6) is 0.878. The van der Waals surface area contributed by atoms with E-state index in [0.29, 0.717) is 47.6 Å². The summed E-state index contributed by atoms with van der Waals surface area (Å²) in [6.07, 6.45) is 4.78. The number of hydrogen-bond acceptors (Lipinski definition) is 8. The number of ether oxygens (including phenoxy) is 1. The molecule has 13 heteroatoms. The van der Waals surface area contributed by atoms with E-state index in [1.807, 2.05) is 50.5 Å². The molecule has 1 aliphatic carbocycles. The molecule has 2 aliphatic heterocycles.